The molecule has 0 aliphatic carbocycles. The lowest BCUT2D eigenvalue weighted by molar-refractivity contribution is -0.137. The minimum absolute atomic E-state index is 0.301. The van der Waals surface area contributed by atoms with E-state index in [9.17, 15) is 9.59 Å². The second kappa shape index (κ2) is 8.14. The van der Waals surface area contributed by atoms with Crippen molar-refractivity contribution in [2.24, 2.45) is 0 Å². The Labute approximate surface area is 126 Å². The van der Waals surface area contributed by atoms with Gasteiger partial charge in [-0.25, -0.2) is 0 Å². The fraction of sp³-hybridized carbons (Fsp3) is 0.429. The number of rotatable bonds is 6. The van der Waals surface area contributed by atoms with E-state index in [0.717, 1.165) is 3.57 Å². The van der Waals surface area contributed by atoms with Crippen molar-refractivity contribution in [3.63, 3.8) is 0 Å². The minimum Gasteiger partial charge on any atom is -0.422 e. The molecule has 0 aliphatic heterocycles. The molecule has 0 saturated carbocycles. The zero-order valence-corrected chi connectivity index (χ0v) is 13.2. The molecule has 0 N–H and O–H groups in total. The number of para-hydroxylation sites is 1. The molecule has 1 aromatic carbocycles. The van der Waals surface area contributed by atoms with Crippen LogP contribution in [0.1, 0.15) is 39.5 Å². The first-order chi connectivity index (χ1) is 9.08. The maximum Gasteiger partial charge on any atom is 0.311 e. The fourth-order valence-corrected chi connectivity index (χ4v) is 2.00. The summed E-state index contributed by atoms with van der Waals surface area (Å²) in [5.41, 5.74) is 0. The van der Waals surface area contributed by atoms with Crippen LogP contribution in [0.3, 0.4) is 0 Å². The summed E-state index contributed by atoms with van der Waals surface area (Å²) < 4.78 is 11.2. The Morgan fingerprint density at radius 2 is 1.63 bits per heavy atom. The van der Waals surface area contributed by atoms with Crippen LogP contribution in [0, 0.1) is 3.57 Å². The smallest absolute Gasteiger partial charge is 0.311 e. The van der Waals surface area contributed by atoms with Crippen molar-refractivity contribution in [1.82, 2.24) is 0 Å². The quantitative estimate of drug-likeness (QED) is 0.432. The van der Waals surface area contributed by atoms with Crippen molar-refractivity contribution in [3.05, 3.63) is 21.8 Å². The highest BCUT2D eigenvalue weighted by Crippen LogP contribution is 2.33. The molecule has 0 unspecified atom stereocenters. The van der Waals surface area contributed by atoms with Gasteiger partial charge < -0.3 is 9.47 Å². The summed E-state index contributed by atoms with van der Waals surface area (Å²) in [4.78, 5) is 23.1. The molecule has 0 saturated heterocycles. The van der Waals surface area contributed by atoms with Crippen molar-refractivity contribution in [3.8, 4) is 11.5 Å². The summed E-state index contributed by atoms with van der Waals surface area (Å²) in [6.45, 7) is 3.80. The summed E-state index contributed by atoms with van der Waals surface area (Å²) in [6, 6.07) is 5.18. The van der Waals surface area contributed by atoms with Gasteiger partial charge in [0, 0.05) is 12.8 Å². The lowest BCUT2D eigenvalue weighted by Gasteiger charge is -2.11. The van der Waals surface area contributed by atoms with Gasteiger partial charge in [-0.1, -0.05) is 19.9 Å². The first kappa shape index (κ1) is 15.9. The zero-order valence-electron chi connectivity index (χ0n) is 11.1. The number of carbonyl (C=O) groups excluding carboxylic acids is 2. The van der Waals surface area contributed by atoms with Crippen LogP contribution in [0.25, 0.3) is 0 Å². The maximum atomic E-state index is 11.6. The highest BCUT2D eigenvalue weighted by atomic mass is 127. The number of hydrogen-bond donors (Lipinski definition) is 0. The Hall–Kier alpha value is -1.11. The molecule has 0 aliphatic rings. The zero-order chi connectivity index (χ0) is 14.3. The molecule has 0 atom stereocenters. The Morgan fingerprint density at radius 1 is 1.05 bits per heavy atom. The molecule has 0 fully saturated rings. The number of ether oxygens (including phenoxy) is 2. The summed E-state index contributed by atoms with van der Waals surface area (Å²) in [5, 5.41) is 0. The van der Waals surface area contributed by atoms with Gasteiger partial charge in [-0.15, -0.1) is 0 Å². The molecule has 0 bridgehead atoms. The second-order valence-electron chi connectivity index (χ2n) is 4.02. The standard InChI is InChI=1S/C14H17IO4/c1-3-6-12(16)18-11-9-5-8-10(15)14(11)19-13(17)7-4-2/h5,8-9H,3-4,6-7H2,1-2H3. The Balaban J connectivity index is 2.88. The van der Waals surface area contributed by atoms with Gasteiger partial charge >= 0.3 is 11.9 Å². The van der Waals surface area contributed by atoms with Crippen LogP contribution in [-0.4, -0.2) is 11.9 Å². The third kappa shape index (κ3) is 5.18. The lowest BCUT2D eigenvalue weighted by atomic mass is 10.3. The third-order valence-electron chi connectivity index (χ3n) is 2.28. The number of halogens is 1. The average Bonchev–Trinajstić information content (AvgIpc) is 2.34. The van der Waals surface area contributed by atoms with E-state index in [1.165, 1.54) is 0 Å². The summed E-state index contributed by atoms with van der Waals surface area (Å²) in [7, 11) is 0. The largest absolute Gasteiger partial charge is 0.422 e. The SMILES string of the molecule is CCCC(=O)Oc1cccc(I)c1OC(=O)CCC. The van der Waals surface area contributed by atoms with Crippen molar-refractivity contribution in [2.75, 3.05) is 0 Å². The molecular formula is C14H17IO4. The van der Waals surface area contributed by atoms with E-state index in [2.05, 4.69) is 0 Å². The molecule has 1 aromatic rings. The van der Waals surface area contributed by atoms with Crippen LogP contribution in [0.4, 0.5) is 0 Å². The van der Waals surface area contributed by atoms with E-state index >= 15 is 0 Å². The maximum absolute atomic E-state index is 11.6. The van der Waals surface area contributed by atoms with E-state index in [4.69, 9.17) is 9.47 Å². The van der Waals surface area contributed by atoms with E-state index in [1.54, 1.807) is 18.2 Å². The van der Waals surface area contributed by atoms with Crippen LogP contribution in [0.5, 0.6) is 11.5 Å². The van der Waals surface area contributed by atoms with Crippen molar-refractivity contribution in [2.45, 2.75) is 39.5 Å². The lowest BCUT2D eigenvalue weighted by Crippen LogP contribution is -2.12. The molecule has 4 nitrogen and oxygen atoms in total. The van der Waals surface area contributed by atoms with Gasteiger partial charge in [0.05, 0.1) is 3.57 Å². The fourth-order valence-electron chi connectivity index (χ4n) is 1.42. The van der Waals surface area contributed by atoms with Gasteiger partial charge in [0.25, 0.3) is 0 Å². The normalized spacial score (nSPS) is 10.1. The Bertz CT molecular complexity index is 457. The summed E-state index contributed by atoms with van der Waals surface area (Å²) in [6.07, 6.45) is 2.11. The van der Waals surface area contributed by atoms with Crippen LogP contribution >= 0.6 is 22.6 Å². The van der Waals surface area contributed by atoms with Gasteiger partial charge in [0.1, 0.15) is 0 Å². The van der Waals surface area contributed by atoms with Gasteiger partial charge in [-0.3, -0.25) is 9.59 Å². The third-order valence-corrected chi connectivity index (χ3v) is 3.13. The highest BCUT2D eigenvalue weighted by molar-refractivity contribution is 14.1. The molecule has 0 radical (unpaired) electrons. The van der Waals surface area contributed by atoms with Crippen LogP contribution < -0.4 is 9.47 Å². The number of hydrogen-bond acceptors (Lipinski definition) is 4. The topological polar surface area (TPSA) is 52.6 Å². The van der Waals surface area contributed by atoms with Gasteiger partial charge in [0.15, 0.2) is 11.5 Å². The van der Waals surface area contributed by atoms with Crippen LogP contribution in [0.2, 0.25) is 0 Å². The monoisotopic (exact) mass is 376 g/mol. The predicted molar refractivity (Wildman–Crippen MR) is 80.2 cm³/mol. The van der Waals surface area contributed by atoms with Crippen molar-refractivity contribution < 1.29 is 19.1 Å². The Kier molecular flexibility index (Phi) is 6.83. The number of benzene rings is 1. The molecule has 0 aromatic heterocycles. The molecule has 1 rings (SSSR count). The Morgan fingerprint density at radius 3 is 2.21 bits per heavy atom. The molecule has 0 spiro atoms. The van der Waals surface area contributed by atoms with Gasteiger partial charge in [-0.05, 0) is 47.6 Å². The van der Waals surface area contributed by atoms with E-state index < -0.39 is 0 Å². The predicted octanol–water partition coefficient (Wildman–Crippen LogP) is 3.70. The molecule has 5 heteroatoms. The van der Waals surface area contributed by atoms with Gasteiger partial charge in [0.2, 0.25) is 0 Å². The second-order valence-corrected chi connectivity index (χ2v) is 5.18. The van der Waals surface area contributed by atoms with E-state index in [0.29, 0.717) is 37.2 Å². The van der Waals surface area contributed by atoms with Gasteiger partial charge in [-0.2, -0.15) is 0 Å². The first-order valence-electron chi connectivity index (χ1n) is 6.28. The van der Waals surface area contributed by atoms with Crippen LogP contribution in [-0.2, 0) is 9.59 Å². The first-order valence-corrected chi connectivity index (χ1v) is 7.36. The number of carbonyl (C=O) groups is 2. The molecule has 19 heavy (non-hydrogen) atoms. The number of esters is 2. The van der Waals surface area contributed by atoms with Crippen molar-refractivity contribution in [1.29, 1.82) is 0 Å². The van der Waals surface area contributed by atoms with Crippen LogP contribution in [0.15, 0.2) is 18.2 Å². The summed E-state index contributed by atoms with van der Waals surface area (Å²) in [5.74, 6) is -0.0162. The molecular weight excluding hydrogens is 359 g/mol. The van der Waals surface area contributed by atoms with E-state index in [-0.39, 0.29) is 11.9 Å². The highest BCUT2D eigenvalue weighted by Gasteiger charge is 2.15. The molecule has 0 amide bonds. The summed E-state index contributed by atoms with van der Waals surface area (Å²) >= 11 is 2.05. The molecule has 0 heterocycles. The average molecular weight is 376 g/mol. The molecule has 104 valence electrons. The van der Waals surface area contributed by atoms with Crippen molar-refractivity contribution >= 4 is 34.5 Å². The minimum atomic E-state index is -0.322. The van der Waals surface area contributed by atoms with E-state index in [1.807, 2.05) is 36.4 Å².